The van der Waals surface area contributed by atoms with Crippen molar-refractivity contribution < 1.29 is 18.0 Å². The van der Waals surface area contributed by atoms with Crippen molar-refractivity contribution in [2.24, 2.45) is 0 Å². The number of likely N-dealkylation sites (N-methyl/N-ethyl adjacent to an activating group) is 1. The van der Waals surface area contributed by atoms with Gasteiger partial charge in [0.1, 0.15) is 12.6 Å². The SMILES string of the molecule is CCNC(=O)[C@@H](Cc1ccccc1)N(Cc1ccc(Br)cc1)C(=O)CN(c1cc(Cl)cc(Cl)c1)S(C)(=O)=O. The monoisotopic (exact) mass is 639 g/mol. The summed E-state index contributed by atoms with van der Waals surface area (Å²) in [5.74, 6) is -0.889. The van der Waals surface area contributed by atoms with Crippen LogP contribution in [0, 0.1) is 0 Å². The van der Waals surface area contributed by atoms with Crippen molar-refractivity contribution in [3.8, 4) is 0 Å². The Labute approximate surface area is 241 Å². The van der Waals surface area contributed by atoms with E-state index in [1.54, 1.807) is 6.92 Å². The summed E-state index contributed by atoms with van der Waals surface area (Å²) in [6.45, 7) is 1.72. The third-order valence-corrected chi connectivity index (χ3v) is 7.81. The summed E-state index contributed by atoms with van der Waals surface area (Å²) < 4.78 is 27.4. The lowest BCUT2D eigenvalue weighted by molar-refractivity contribution is -0.140. The molecule has 0 bridgehead atoms. The van der Waals surface area contributed by atoms with Crippen molar-refractivity contribution in [2.45, 2.75) is 25.9 Å². The van der Waals surface area contributed by atoms with Crippen LogP contribution in [-0.2, 0) is 32.6 Å². The van der Waals surface area contributed by atoms with E-state index in [1.807, 2.05) is 54.6 Å². The standard InChI is InChI=1S/C27H28BrCl2N3O4S/c1-3-31-27(35)25(13-19-7-5-4-6-8-19)32(17-20-9-11-21(28)12-10-20)26(34)18-33(38(2,36)37)24-15-22(29)14-23(30)16-24/h4-12,14-16,25H,3,13,17-18H2,1-2H3,(H,31,35)/t25-/m1/s1. The minimum atomic E-state index is -3.91. The van der Waals surface area contributed by atoms with Crippen molar-refractivity contribution in [1.82, 2.24) is 10.2 Å². The summed E-state index contributed by atoms with van der Waals surface area (Å²) in [7, 11) is -3.91. The van der Waals surface area contributed by atoms with E-state index in [0.29, 0.717) is 6.54 Å². The Morgan fingerprint density at radius 3 is 2.11 bits per heavy atom. The molecule has 2 amide bonds. The molecule has 38 heavy (non-hydrogen) atoms. The number of rotatable bonds is 11. The molecule has 0 saturated carbocycles. The number of carbonyl (C=O) groups is 2. The number of carbonyl (C=O) groups excluding carboxylic acids is 2. The van der Waals surface area contributed by atoms with Crippen LogP contribution in [0.4, 0.5) is 5.69 Å². The Hall–Kier alpha value is -2.59. The highest BCUT2D eigenvalue weighted by Crippen LogP contribution is 2.27. The largest absolute Gasteiger partial charge is 0.355 e. The normalized spacial score (nSPS) is 12.0. The van der Waals surface area contributed by atoms with Gasteiger partial charge in [0.05, 0.1) is 11.9 Å². The summed E-state index contributed by atoms with van der Waals surface area (Å²) in [5, 5.41) is 3.27. The number of hydrogen-bond acceptors (Lipinski definition) is 4. The molecule has 0 aromatic heterocycles. The first-order chi connectivity index (χ1) is 18.0. The van der Waals surface area contributed by atoms with Gasteiger partial charge < -0.3 is 10.2 Å². The number of anilines is 1. The molecule has 1 atom stereocenters. The zero-order valence-electron chi connectivity index (χ0n) is 20.9. The Kier molecular flexibility index (Phi) is 10.6. The summed E-state index contributed by atoms with van der Waals surface area (Å²) in [5.41, 5.74) is 1.79. The molecule has 0 saturated heterocycles. The Morgan fingerprint density at radius 2 is 1.55 bits per heavy atom. The van der Waals surface area contributed by atoms with Gasteiger partial charge in [0, 0.05) is 34.0 Å². The lowest BCUT2D eigenvalue weighted by Crippen LogP contribution is -2.53. The van der Waals surface area contributed by atoms with Crippen LogP contribution >= 0.6 is 39.1 Å². The topological polar surface area (TPSA) is 86.8 Å². The Bertz CT molecular complexity index is 1350. The molecule has 0 spiro atoms. The van der Waals surface area contributed by atoms with Crippen LogP contribution in [0.5, 0.6) is 0 Å². The minimum Gasteiger partial charge on any atom is -0.355 e. The average molecular weight is 641 g/mol. The fraction of sp³-hybridized carbons (Fsp3) is 0.259. The van der Waals surface area contributed by atoms with E-state index in [0.717, 1.165) is 26.2 Å². The van der Waals surface area contributed by atoms with Crippen molar-refractivity contribution >= 4 is 66.7 Å². The number of hydrogen-bond donors (Lipinski definition) is 1. The summed E-state index contributed by atoms with van der Waals surface area (Å²) >= 11 is 15.7. The lowest BCUT2D eigenvalue weighted by Gasteiger charge is -2.33. The Morgan fingerprint density at radius 1 is 0.947 bits per heavy atom. The number of nitrogens with one attached hydrogen (secondary N) is 1. The Balaban J connectivity index is 2.05. The first-order valence-electron chi connectivity index (χ1n) is 11.8. The molecule has 3 aromatic rings. The first kappa shape index (κ1) is 30.0. The lowest BCUT2D eigenvalue weighted by atomic mass is 10.0. The van der Waals surface area contributed by atoms with Crippen LogP contribution in [0.1, 0.15) is 18.1 Å². The van der Waals surface area contributed by atoms with Crippen molar-refractivity contribution in [2.75, 3.05) is 23.7 Å². The summed E-state index contributed by atoms with van der Waals surface area (Å²) in [6, 6.07) is 20.1. The van der Waals surface area contributed by atoms with Crippen LogP contribution < -0.4 is 9.62 Å². The molecule has 11 heteroatoms. The third kappa shape index (κ3) is 8.46. The quantitative estimate of drug-likeness (QED) is 0.308. The van der Waals surface area contributed by atoms with Gasteiger partial charge in [-0.05, 0) is 48.4 Å². The van der Waals surface area contributed by atoms with Gasteiger partial charge in [-0.2, -0.15) is 0 Å². The van der Waals surface area contributed by atoms with E-state index in [-0.39, 0.29) is 34.6 Å². The molecular formula is C27H28BrCl2N3O4S. The molecule has 0 aliphatic carbocycles. The molecule has 3 aromatic carbocycles. The highest BCUT2D eigenvalue weighted by Gasteiger charge is 2.33. The maximum absolute atomic E-state index is 13.9. The van der Waals surface area contributed by atoms with Gasteiger partial charge >= 0.3 is 0 Å². The molecular weight excluding hydrogens is 613 g/mol. The van der Waals surface area contributed by atoms with Crippen LogP contribution in [0.2, 0.25) is 10.0 Å². The van der Waals surface area contributed by atoms with E-state index in [9.17, 15) is 18.0 Å². The second-order valence-corrected chi connectivity index (χ2v) is 12.3. The molecule has 0 unspecified atom stereocenters. The van der Waals surface area contributed by atoms with Gasteiger partial charge in [0.25, 0.3) is 0 Å². The van der Waals surface area contributed by atoms with Gasteiger partial charge in [-0.25, -0.2) is 8.42 Å². The highest BCUT2D eigenvalue weighted by molar-refractivity contribution is 9.10. The molecule has 0 aliphatic rings. The van der Waals surface area contributed by atoms with E-state index >= 15 is 0 Å². The molecule has 202 valence electrons. The third-order valence-electron chi connectivity index (χ3n) is 5.70. The number of amides is 2. The first-order valence-corrected chi connectivity index (χ1v) is 15.2. The van der Waals surface area contributed by atoms with Gasteiger partial charge in [-0.1, -0.05) is 81.6 Å². The number of halogens is 3. The van der Waals surface area contributed by atoms with Gasteiger partial charge in [-0.3, -0.25) is 13.9 Å². The molecule has 0 radical (unpaired) electrons. The van der Waals surface area contributed by atoms with Gasteiger partial charge in [0.2, 0.25) is 21.8 Å². The average Bonchev–Trinajstić information content (AvgIpc) is 2.85. The summed E-state index contributed by atoms with van der Waals surface area (Å²) in [4.78, 5) is 28.6. The maximum atomic E-state index is 13.9. The van der Waals surface area contributed by atoms with Crippen molar-refractivity contribution in [3.63, 3.8) is 0 Å². The maximum Gasteiger partial charge on any atom is 0.244 e. The van der Waals surface area contributed by atoms with Crippen LogP contribution in [0.25, 0.3) is 0 Å². The predicted molar refractivity (Wildman–Crippen MR) is 156 cm³/mol. The van der Waals surface area contributed by atoms with E-state index in [4.69, 9.17) is 23.2 Å². The van der Waals surface area contributed by atoms with Crippen LogP contribution in [-0.4, -0.2) is 50.5 Å². The van der Waals surface area contributed by atoms with E-state index in [1.165, 1.54) is 23.1 Å². The van der Waals surface area contributed by atoms with Crippen LogP contribution in [0.3, 0.4) is 0 Å². The van der Waals surface area contributed by atoms with E-state index in [2.05, 4.69) is 21.2 Å². The molecule has 0 aliphatic heterocycles. The number of nitrogens with zero attached hydrogens (tertiary/aromatic N) is 2. The van der Waals surface area contributed by atoms with Crippen molar-refractivity contribution in [1.29, 1.82) is 0 Å². The second-order valence-electron chi connectivity index (χ2n) is 8.65. The molecule has 0 fully saturated rings. The molecule has 7 nitrogen and oxygen atoms in total. The van der Waals surface area contributed by atoms with Gasteiger partial charge in [0.15, 0.2) is 0 Å². The summed E-state index contributed by atoms with van der Waals surface area (Å²) in [6.07, 6.45) is 1.25. The zero-order valence-corrected chi connectivity index (χ0v) is 24.8. The highest BCUT2D eigenvalue weighted by atomic mass is 79.9. The number of sulfonamides is 1. The van der Waals surface area contributed by atoms with Crippen LogP contribution in [0.15, 0.2) is 77.3 Å². The zero-order chi connectivity index (χ0) is 27.9. The minimum absolute atomic E-state index is 0.0919. The number of benzene rings is 3. The smallest absolute Gasteiger partial charge is 0.244 e. The molecule has 1 N–H and O–H groups in total. The fourth-order valence-corrected chi connectivity index (χ4v) is 5.54. The molecule has 3 rings (SSSR count). The van der Waals surface area contributed by atoms with Gasteiger partial charge in [-0.15, -0.1) is 0 Å². The molecule has 0 heterocycles. The van der Waals surface area contributed by atoms with Crippen molar-refractivity contribution in [3.05, 3.63) is 98.4 Å². The fourth-order valence-electron chi connectivity index (χ4n) is 3.93. The predicted octanol–water partition coefficient (Wildman–Crippen LogP) is 5.30. The van der Waals surface area contributed by atoms with E-state index < -0.39 is 28.5 Å². The second kappa shape index (κ2) is 13.5.